The van der Waals surface area contributed by atoms with Crippen LogP contribution in [0.5, 0.6) is 0 Å². The molecule has 0 radical (unpaired) electrons. The van der Waals surface area contributed by atoms with Gasteiger partial charge in [0, 0.05) is 12.2 Å². The topological polar surface area (TPSA) is 81.3 Å². The van der Waals surface area contributed by atoms with Gasteiger partial charge in [0.15, 0.2) is 5.16 Å². The van der Waals surface area contributed by atoms with Crippen molar-refractivity contribution in [1.29, 1.82) is 0 Å². The van der Waals surface area contributed by atoms with Crippen LogP contribution >= 0.6 is 34.7 Å². The average Bonchev–Trinajstić information content (AvgIpc) is 3.36. The maximum atomic E-state index is 13.3. The Morgan fingerprint density at radius 3 is 2.87 bits per heavy atom. The van der Waals surface area contributed by atoms with Gasteiger partial charge >= 0.3 is 0 Å². The number of fused-ring (bicyclic) bond motifs is 3. The van der Waals surface area contributed by atoms with E-state index in [0.29, 0.717) is 33.8 Å². The third-order valence-electron chi connectivity index (χ3n) is 4.65. The summed E-state index contributed by atoms with van der Waals surface area (Å²) in [7, 11) is 0. The summed E-state index contributed by atoms with van der Waals surface area (Å²) in [5.41, 5.74) is 1.06. The number of thiophene rings is 1. The Labute approximate surface area is 190 Å². The van der Waals surface area contributed by atoms with E-state index >= 15 is 0 Å². The monoisotopic (exact) mass is 479 g/mol. The fraction of sp³-hybridized carbons (Fsp3) is 0.300. The highest BCUT2D eigenvalue weighted by Crippen LogP contribution is 2.25. The number of anilines is 1. The van der Waals surface area contributed by atoms with E-state index in [0.717, 1.165) is 11.9 Å². The molecule has 7 nitrogen and oxygen atoms in total. The van der Waals surface area contributed by atoms with Crippen LogP contribution in [0, 0.1) is 11.7 Å². The van der Waals surface area contributed by atoms with Gasteiger partial charge in [0.2, 0.25) is 11.7 Å². The van der Waals surface area contributed by atoms with Gasteiger partial charge in [0.1, 0.15) is 10.5 Å². The van der Waals surface area contributed by atoms with E-state index in [2.05, 4.69) is 29.4 Å². The van der Waals surface area contributed by atoms with Crippen molar-refractivity contribution in [2.24, 2.45) is 5.92 Å². The number of nitrogens with zero attached hydrogens (tertiary/aromatic N) is 4. The number of hydrogen-bond acceptors (Lipinski definition) is 6. The molecule has 0 aliphatic heterocycles. The number of aromatic nitrogens is 4. The number of benzene rings is 1. The van der Waals surface area contributed by atoms with Crippen molar-refractivity contribution in [3.05, 3.63) is 50.8 Å². The quantitative estimate of drug-likeness (QED) is 0.389. The van der Waals surface area contributed by atoms with Gasteiger partial charge in [0.25, 0.3) is 5.56 Å². The first-order chi connectivity index (χ1) is 14.8. The van der Waals surface area contributed by atoms with Crippen molar-refractivity contribution in [3.8, 4) is 0 Å². The van der Waals surface area contributed by atoms with E-state index in [-0.39, 0.29) is 22.2 Å². The summed E-state index contributed by atoms with van der Waals surface area (Å²) in [5, 5.41) is 13.5. The molecule has 4 aromatic rings. The number of halogens is 2. The average molecular weight is 480 g/mol. The van der Waals surface area contributed by atoms with Crippen molar-refractivity contribution in [3.63, 3.8) is 0 Å². The predicted molar refractivity (Wildman–Crippen MR) is 123 cm³/mol. The molecular formula is C20H19ClFN5O2S2. The fourth-order valence-corrected chi connectivity index (χ4v) is 4.83. The lowest BCUT2D eigenvalue weighted by molar-refractivity contribution is -0.113. The van der Waals surface area contributed by atoms with Gasteiger partial charge < -0.3 is 5.32 Å². The summed E-state index contributed by atoms with van der Waals surface area (Å²) in [5.74, 6) is 0.120. The number of carbonyl (C=O) groups excluding carboxylic acids is 1. The van der Waals surface area contributed by atoms with Gasteiger partial charge in [-0.1, -0.05) is 37.2 Å². The highest BCUT2D eigenvalue weighted by atomic mass is 35.5. The Bertz CT molecular complexity index is 1330. The maximum absolute atomic E-state index is 13.3. The highest BCUT2D eigenvalue weighted by Gasteiger charge is 2.18. The number of rotatable bonds is 7. The summed E-state index contributed by atoms with van der Waals surface area (Å²) in [4.78, 5) is 25.3. The summed E-state index contributed by atoms with van der Waals surface area (Å²) < 4.78 is 17.4. The first-order valence-corrected chi connectivity index (χ1v) is 11.8. The van der Waals surface area contributed by atoms with E-state index < -0.39 is 5.82 Å². The van der Waals surface area contributed by atoms with E-state index in [1.807, 2.05) is 15.8 Å². The van der Waals surface area contributed by atoms with Gasteiger partial charge in [-0.05, 0) is 42.0 Å². The molecule has 0 unspecified atom stereocenters. The molecule has 0 aliphatic rings. The van der Waals surface area contributed by atoms with Gasteiger partial charge in [-0.3, -0.25) is 18.6 Å². The molecule has 0 spiro atoms. The third kappa shape index (κ3) is 4.46. The molecule has 0 saturated carbocycles. The van der Waals surface area contributed by atoms with E-state index in [1.54, 1.807) is 4.57 Å². The van der Waals surface area contributed by atoms with Crippen LogP contribution in [0.4, 0.5) is 10.1 Å². The highest BCUT2D eigenvalue weighted by molar-refractivity contribution is 7.99. The minimum absolute atomic E-state index is 0.0619. The summed E-state index contributed by atoms with van der Waals surface area (Å²) in [6.45, 7) is 4.75. The zero-order valence-electron chi connectivity index (χ0n) is 16.8. The molecule has 1 N–H and O–H groups in total. The van der Waals surface area contributed by atoms with Crippen LogP contribution in [0.2, 0.25) is 5.02 Å². The van der Waals surface area contributed by atoms with Crippen LogP contribution in [-0.4, -0.2) is 30.8 Å². The molecule has 3 heterocycles. The lowest BCUT2D eigenvalue weighted by Crippen LogP contribution is -2.23. The van der Waals surface area contributed by atoms with Crippen LogP contribution in [0.1, 0.15) is 20.3 Å². The molecule has 11 heteroatoms. The predicted octanol–water partition coefficient (Wildman–Crippen LogP) is 4.68. The van der Waals surface area contributed by atoms with Crippen LogP contribution in [-0.2, 0) is 11.3 Å². The first kappa shape index (κ1) is 21.8. The smallest absolute Gasteiger partial charge is 0.272 e. The Balaban J connectivity index is 1.60. The zero-order valence-corrected chi connectivity index (χ0v) is 19.2. The minimum atomic E-state index is -0.549. The van der Waals surface area contributed by atoms with Crippen molar-refractivity contribution >= 4 is 62.3 Å². The Kier molecular flexibility index (Phi) is 6.31. The molecule has 1 aromatic carbocycles. The second-order valence-electron chi connectivity index (χ2n) is 7.36. The molecule has 3 aromatic heterocycles. The number of carbonyl (C=O) groups is 1. The number of nitrogens with one attached hydrogen (secondary N) is 1. The van der Waals surface area contributed by atoms with Crippen LogP contribution < -0.4 is 10.9 Å². The van der Waals surface area contributed by atoms with Crippen molar-refractivity contribution in [2.45, 2.75) is 32.0 Å². The molecule has 0 aliphatic carbocycles. The maximum Gasteiger partial charge on any atom is 0.272 e. The number of thioether (sulfide) groups is 1. The molecule has 162 valence electrons. The number of aryl methyl sites for hydroxylation is 1. The Hall–Kier alpha value is -2.43. The zero-order chi connectivity index (χ0) is 22.1. The molecule has 4 rings (SSSR count). The van der Waals surface area contributed by atoms with Crippen LogP contribution in [0.15, 0.2) is 39.6 Å². The summed E-state index contributed by atoms with van der Waals surface area (Å²) in [6, 6.07) is 5.85. The van der Waals surface area contributed by atoms with Crippen molar-refractivity contribution in [2.75, 3.05) is 11.1 Å². The lowest BCUT2D eigenvalue weighted by atomic mass is 10.1. The van der Waals surface area contributed by atoms with Gasteiger partial charge in [-0.2, -0.15) is 0 Å². The lowest BCUT2D eigenvalue weighted by Gasteiger charge is -2.10. The first-order valence-electron chi connectivity index (χ1n) is 9.58. The minimum Gasteiger partial charge on any atom is -0.325 e. The molecule has 31 heavy (non-hydrogen) atoms. The Morgan fingerprint density at radius 2 is 2.13 bits per heavy atom. The number of hydrogen-bond donors (Lipinski definition) is 1. The molecule has 0 fully saturated rings. The van der Waals surface area contributed by atoms with Gasteiger partial charge in [-0.15, -0.1) is 21.5 Å². The van der Waals surface area contributed by atoms with Crippen molar-refractivity contribution < 1.29 is 9.18 Å². The standard InChI is InChI=1S/C20H19ClFN5O2S2/c1-11(2)5-7-26-18(29)17-15(6-8-30-17)27-19(26)24-25-20(27)31-10-16(28)23-12-3-4-14(22)13(21)9-12/h3-4,6,8-9,11H,5,7,10H2,1-2H3,(H,23,28). The van der Waals surface area contributed by atoms with Crippen LogP contribution in [0.25, 0.3) is 16.0 Å². The van der Waals surface area contributed by atoms with Gasteiger partial charge in [-0.25, -0.2) is 4.39 Å². The SMILES string of the molecule is CC(C)CCn1c(=O)c2sccc2n2c(SCC(=O)Nc3ccc(F)c(Cl)c3)nnc12. The summed E-state index contributed by atoms with van der Waals surface area (Å²) >= 11 is 8.34. The fourth-order valence-electron chi connectivity index (χ4n) is 3.08. The van der Waals surface area contributed by atoms with E-state index in [9.17, 15) is 14.0 Å². The van der Waals surface area contributed by atoms with E-state index in [4.69, 9.17) is 11.6 Å². The molecule has 0 saturated heterocycles. The number of amides is 1. The normalized spacial score (nSPS) is 11.6. The van der Waals surface area contributed by atoms with Crippen LogP contribution in [0.3, 0.4) is 0 Å². The van der Waals surface area contributed by atoms with Gasteiger partial charge in [0.05, 0.1) is 16.3 Å². The molecular weight excluding hydrogens is 461 g/mol. The second-order valence-corrected chi connectivity index (χ2v) is 9.62. The Morgan fingerprint density at radius 1 is 1.32 bits per heavy atom. The second kappa shape index (κ2) is 8.97. The molecule has 1 amide bonds. The van der Waals surface area contributed by atoms with Crippen molar-refractivity contribution in [1.82, 2.24) is 19.2 Å². The largest absolute Gasteiger partial charge is 0.325 e. The van der Waals surface area contributed by atoms with E-state index in [1.165, 1.54) is 41.3 Å². The molecule has 0 bridgehead atoms. The third-order valence-corrected chi connectivity index (χ3v) is 6.76. The molecule has 0 atom stereocenters. The summed E-state index contributed by atoms with van der Waals surface area (Å²) in [6.07, 6.45) is 0.838.